The third-order valence-electron chi connectivity index (χ3n) is 3.28. The molecule has 1 heterocycles. The van der Waals surface area contributed by atoms with Gasteiger partial charge in [-0.2, -0.15) is 5.26 Å². The van der Waals surface area contributed by atoms with Gasteiger partial charge >= 0.3 is 0 Å². The fourth-order valence-corrected chi connectivity index (χ4v) is 1.99. The fraction of sp³-hybridized carbons (Fsp3) is 0.818. The standard InChI is InChI=1S/C11H18N2O2/c1-3-11(4-2,8-12)10(15)13-6-5-9(14)7-13/h9,14H,3-7H2,1-2H3. The third-order valence-corrected chi connectivity index (χ3v) is 3.28. The van der Waals surface area contributed by atoms with Crippen LogP contribution in [0, 0.1) is 16.7 Å². The summed E-state index contributed by atoms with van der Waals surface area (Å²) in [5.41, 5.74) is -0.885. The normalized spacial score (nSPS) is 21.5. The van der Waals surface area contributed by atoms with Crippen LogP contribution >= 0.6 is 0 Å². The molecule has 1 amide bonds. The molecule has 84 valence electrons. The molecule has 1 saturated heterocycles. The van der Waals surface area contributed by atoms with Crippen molar-refractivity contribution in [2.75, 3.05) is 13.1 Å². The van der Waals surface area contributed by atoms with Crippen molar-refractivity contribution in [3.63, 3.8) is 0 Å². The number of nitriles is 1. The minimum Gasteiger partial charge on any atom is -0.391 e. The van der Waals surface area contributed by atoms with Crippen LogP contribution in [0.15, 0.2) is 0 Å². The van der Waals surface area contributed by atoms with Crippen molar-refractivity contribution >= 4 is 5.91 Å². The largest absolute Gasteiger partial charge is 0.391 e. The lowest BCUT2D eigenvalue weighted by Gasteiger charge is -2.27. The Morgan fingerprint density at radius 2 is 2.20 bits per heavy atom. The predicted molar refractivity (Wildman–Crippen MR) is 55.8 cm³/mol. The Morgan fingerprint density at radius 1 is 1.60 bits per heavy atom. The second-order valence-corrected chi connectivity index (χ2v) is 4.09. The first-order valence-electron chi connectivity index (χ1n) is 5.48. The first-order valence-corrected chi connectivity index (χ1v) is 5.48. The van der Waals surface area contributed by atoms with Gasteiger partial charge in [-0.05, 0) is 19.3 Å². The number of β-amino-alcohol motifs (C(OH)–C–C–N with tert-alkyl or cyclic N) is 1. The molecule has 1 rings (SSSR count). The number of likely N-dealkylation sites (tertiary alicyclic amines) is 1. The van der Waals surface area contributed by atoms with Gasteiger partial charge in [0.1, 0.15) is 5.41 Å². The van der Waals surface area contributed by atoms with Crippen LogP contribution in [0.3, 0.4) is 0 Å². The van der Waals surface area contributed by atoms with Gasteiger partial charge in [-0.3, -0.25) is 4.79 Å². The molecule has 4 nitrogen and oxygen atoms in total. The molecule has 0 aromatic carbocycles. The molecule has 0 aromatic rings. The van der Waals surface area contributed by atoms with Gasteiger partial charge < -0.3 is 10.0 Å². The molecule has 1 atom stereocenters. The lowest BCUT2D eigenvalue weighted by molar-refractivity contribution is -0.138. The molecule has 0 spiro atoms. The average Bonchev–Trinajstić information content (AvgIpc) is 2.68. The van der Waals surface area contributed by atoms with Gasteiger partial charge in [0, 0.05) is 13.1 Å². The second kappa shape index (κ2) is 4.63. The van der Waals surface area contributed by atoms with Crippen LogP contribution in [0.5, 0.6) is 0 Å². The van der Waals surface area contributed by atoms with E-state index in [4.69, 9.17) is 5.26 Å². The topological polar surface area (TPSA) is 64.3 Å². The first kappa shape index (κ1) is 12.0. The summed E-state index contributed by atoms with van der Waals surface area (Å²) in [7, 11) is 0. The number of nitrogens with zero attached hydrogens (tertiary/aromatic N) is 2. The zero-order valence-corrected chi connectivity index (χ0v) is 9.36. The van der Waals surface area contributed by atoms with Gasteiger partial charge in [-0.15, -0.1) is 0 Å². The molecular formula is C11H18N2O2. The van der Waals surface area contributed by atoms with E-state index in [1.807, 2.05) is 13.8 Å². The van der Waals surface area contributed by atoms with Gasteiger partial charge in [-0.1, -0.05) is 13.8 Å². The van der Waals surface area contributed by atoms with Crippen molar-refractivity contribution < 1.29 is 9.90 Å². The van der Waals surface area contributed by atoms with E-state index < -0.39 is 11.5 Å². The van der Waals surface area contributed by atoms with Gasteiger partial charge in [0.25, 0.3) is 0 Å². The van der Waals surface area contributed by atoms with E-state index in [2.05, 4.69) is 6.07 Å². The minimum absolute atomic E-state index is 0.119. The number of carbonyl (C=O) groups is 1. The maximum Gasteiger partial charge on any atom is 0.243 e. The highest BCUT2D eigenvalue weighted by molar-refractivity contribution is 5.85. The molecule has 1 aliphatic heterocycles. The predicted octanol–water partition coefficient (Wildman–Crippen LogP) is 0.910. The van der Waals surface area contributed by atoms with E-state index in [1.54, 1.807) is 4.90 Å². The lowest BCUT2D eigenvalue weighted by atomic mass is 9.82. The number of aliphatic hydroxyl groups is 1. The van der Waals surface area contributed by atoms with Crippen LogP contribution in [-0.4, -0.2) is 35.1 Å². The number of amides is 1. The summed E-state index contributed by atoms with van der Waals surface area (Å²) in [5, 5.41) is 18.5. The van der Waals surface area contributed by atoms with E-state index >= 15 is 0 Å². The molecule has 1 N–H and O–H groups in total. The molecular weight excluding hydrogens is 192 g/mol. The highest BCUT2D eigenvalue weighted by Crippen LogP contribution is 2.29. The third kappa shape index (κ3) is 2.13. The molecule has 1 unspecified atom stereocenters. The Morgan fingerprint density at radius 3 is 2.53 bits per heavy atom. The number of aliphatic hydroxyl groups excluding tert-OH is 1. The van der Waals surface area contributed by atoms with Gasteiger partial charge in [0.05, 0.1) is 12.2 Å². The molecule has 0 bridgehead atoms. The van der Waals surface area contributed by atoms with E-state index in [9.17, 15) is 9.90 Å². The zero-order chi connectivity index (χ0) is 11.5. The van der Waals surface area contributed by atoms with Crippen molar-refractivity contribution in [2.45, 2.75) is 39.2 Å². The quantitative estimate of drug-likeness (QED) is 0.753. The molecule has 15 heavy (non-hydrogen) atoms. The average molecular weight is 210 g/mol. The number of hydrogen-bond acceptors (Lipinski definition) is 3. The van der Waals surface area contributed by atoms with Crippen LogP contribution in [0.2, 0.25) is 0 Å². The Balaban J connectivity index is 2.78. The lowest BCUT2D eigenvalue weighted by Crippen LogP contribution is -2.42. The molecule has 0 aliphatic carbocycles. The molecule has 0 saturated carbocycles. The molecule has 4 heteroatoms. The van der Waals surface area contributed by atoms with Crippen LogP contribution in [0.25, 0.3) is 0 Å². The summed E-state index contributed by atoms with van der Waals surface area (Å²) in [5.74, 6) is -0.119. The Labute approximate surface area is 90.5 Å². The highest BCUT2D eigenvalue weighted by Gasteiger charge is 2.40. The summed E-state index contributed by atoms with van der Waals surface area (Å²) < 4.78 is 0. The SMILES string of the molecule is CCC(C#N)(CC)C(=O)N1CCC(O)C1. The number of carbonyl (C=O) groups excluding carboxylic acids is 1. The van der Waals surface area contributed by atoms with E-state index in [-0.39, 0.29) is 5.91 Å². The van der Waals surface area contributed by atoms with Crippen LogP contribution in [0.4, 0.5) is 0 Å². The maximum atomic E-state index is 12.1. The van der Waals surface area contributed by atoms with E-state index in [0.717, 1.165) is 0 Å². The minimum atomic E-state index is -0.885. The van der Waals surface area contributed by atoms with Crippen LogP contribution < -0.4 is 0 Å². The summed E-state index contributed by atoms with van der Waals surface area (Å²) in [6, 6.07) is 2.13. The number of rotatable bonds is 3. The van der Waals surface area contributed by atoms with Crippen molar-refractivity contribution in [2.24, 2.45) is 5.41 Å². The van der Waals surface area contributed by atoms with E-state index in [0.29, 0.717) is 32.4 Å². The molecule has 0 radical (unpaired) electrons. The fourth-order valence-electron chi connectivity index (χ4n) is 1.99. The van der Waals surface area contributed by atoms with Gasteiger partial charge in [0.2, 0.25) is 5.91 Å². The summed E-state index contributed by atoms with van der Waals surface area (Å²) in [6.07, 6.45) is 1.27. The second-order valence-electron chi connectivity index (χ2n) is 4.09. The molecule has 1 aliphatic rings. The van der Waals surface area contributed by atoms with Crippen LogP contribution in [-0.2, 0) is 4.79 Å². The van der Waals surface area contributed by atoms with E-state index in [1.165, 1.54) is 0 Å². The highest BCUT2D eigenvalue weighted by atomic mass is 16.3. The van der Waals surface area contributed by atoms with Crippen LogP contribution in [0.1, 0.15) is 33.1 Å². The monoisotopic (exact) mass is 210 g/mol. The zero-order valence-electron chi connectivity index (χ0n) is 9.36. The number of hydrogen-bond donors (Lipinski definition) is 1. The summed E-state index contributed by atoms with van der Waals surface area (Å²) in [6.45, 7) is 4.67. The maximum absolute atomic E-state index is 12.1. The van der Waals surface area contributed by atoms with Crippen molar-refractivity contribution in [3.8, 4) is 6.07 Å². The Bertz CT molecular complexity index is 279. The molecule has 0 aromatic heterocycles. The van der Waals surface area contributed by atoms with Crippen molar-refractivity contribution in [1.29, 1.82) is 5.26 Å². The van der Waals surface area contributed by atoms with Crippen molar-refractivity contribution in [3.05, 3.63) is 0 Å². The Hall–Kier alpha value is -1.08. The summed E-state index contributed by atoms with van der Waals surface area (Å²) >= 11 is 0. The molecule has 1 fully saturated rings. The smallest absolute Gasteiger partial charge is 0.243 e. The van der Waals surface area contributed by atoms with Gasteiger partial charge in [0.15, 0.2) is 0 Å². The van der Waals surface area contributed by atoms with Crippen molar-refractivity contribution in [1.82, 2.24) is 4.90 Å². The first-order chi connectivity index (χ1) is 7.09. The Kier molecular flexibility index (Phi) is 3.70. The summed E-state index contributed by atoms with van der Waals surface area (Å²) in [4.78, 5) is 13.7. The van der Waals surface area contributed by atoms with Gasteiger partial charge in [-0.25, -0.2) is 0 Å².